The van der Waals surface area contributed by atoms with Gasteiger partial charge < -0.3 is 11.1 Å². The van der Waals surface area contributed by atoms with Crippen molar-refractivity contribution >= 4 is 35.3 Å². The van der Waals surface area contributed by atoms with Gasteiger partial charge in [0.1, 0.15) is 5.78 Å². The molecule has 0 saturated heterocycles. The highest BCUT2D eigenvalue weighted by Gasteiger charge is 2.21. The zero-order valence-corrected chi connectivity index (χ0v) is 12.2. The molecule has 1 amide bonds. The summed E-state index contributed by atoms with van der Waals surface area (Å²) >= 11 is 0. The van der Waals surface area contributed by atoms with Crippen LogP contribution in [0.3, 0.4) is 0 Å². The number of anilines is 1. The van der Waals surface area contributed by atoms with Gasteiger partial charge in [-0.1, -0.05) is 0 Å². The van der Waals surface area contributed by atoms with Crippen molar-refractivity contribution in [2.45, 2.75) is 31.7 Å². The molecule has 7 heteroatoms. The molecule has 3 N–H and O–H groups in total. The number of ketones is 1. The Labute approximate surface area is 128 Å². The summed E-state index contributed by atoms with van der Waals surface area (Å²) in [5, 5.41) is 7.52. The fourth-order valence-corrected chi connectivity index (χ4v) is 2.62. The molecule has 0 aliphatic heterocycles. The molecular weight excluding hydrogens is 292 g/mol. The van der Waals surface area contributed by atoms with Gasteiger partial charge in [-0.15, -0.1) is 12.4 Å². The molecule has 2 heterocycles. The minimum absolute atomic E-state index is 0. The molecule has 0 atom stereocenters. The summed E-state index contributed by atoms with van der Waals surface area (Å²) in [6, 6.07) is 3.94. The predicted octanol–water partition coefficient (Wildman–Crippen LogP) is 1.78. The molecule has 0 aromatic carbocycles. The summed E-state index contributed by atoms with van der Waals surface area (Å²) in [4.78, 5) is 22.9. The zero-order chi connectivity index (χ0) is 14.1. The van der Waals surface area contributed by atoms with Crippen LogP contribution in [0.25, 0.3) is 5.52 Å². The van der Waals surface area contributed by atoms with Gasteiger partial charge in [0.2, 0.25) is 0 Å². The number of hydrogen-bond acceptors (Lipinski definition) is 4. The second-order valence-corrected chi connectivity index (χ2v) is 5.09. The van der Waals surface area contributed by atoms with Crippen LogP contribution in [0.5, 0.6) is 0 Å². The van der Waals surface area contributed by atoms with E-state index >= 15 is 0 Å². The lowest BCUT2D eigenvalue weighted by Gasteiger charge is -2.24. The number of nitrogens with zero attached hydrogens (tertiary/aromatic N) is 2. The molecule has 3 rings (SSSR count). The first-order valence-electron chi connectivity index (χ1n) is 6.69. The van der Waals surface area contributed by atoms with Crippen LogP contribution in [0.1, 0.15) is 36.0 Å². The highest BCUT2D eigenvalue weighted by atomic mass is 35.5. The Morgan fingerprint density at radius 1 is 1.38 bits per heavy atom. The van der Waals surface area contributed by atoms with Gasteiger partial charge in [-0.3, -0.25) is 9.59 Å². The Morgan fingerprint density at radius 2 is 2.10 bits per heavy atom. The summed E-state index contributed by atoms with van der Waals surface area (Å²) in [7, 11) is 0. The topological polar surface area (TPSA) is 89.5 Å². The molecule has 1 fully saturated rings. The van der Waals surface area contributed by atoms with Gasteiger partial charge in [0.25, 0.3) is 5.91 Å². The quantitative estimate of drug-likeness (QED) is 0.904. The van der Waals surface area contributed by atoms with E-state index in [1.165, 1.54) is 6.20 Å². The summed E-state index contributed by atoms with van der Waals surface area (Å²) < 4.78 is 1.70. The molecule has 6 nitrogen and oxygen atoms in total. The van der Waals surface area contributed by atoms with Crippen LogP contribution >= 0.6 is 12.4 Å². The van der Waals surface area contributed by atoms with Gasteiger partial charge in [0, 0.05) is 25.1 Å². The Kier molecular flexibility index (Phi) is 4.47. The zero-order valence-electron chi connectivity index (χ0n) is 11.4. The molecule has 0 radical (unpaired) electrons. The third-order valence-corrected chi connectivity index (χ3v) is 3.72. The monoisotopic (exact) mass is 308 g/mol. The molecule has 1 aliphatic rings. The van der Waals surface area contributed by atoms with Crippen LogP contribution in [0, 0.1) is 0 Å². The van der Waals surface area contributed by atoms with E-state index in [1.807, 2.05) is 18.3 Å². The molecule has 0 unspecified atom stereocenters. The van der Waals surface area contributed by atoms with Crippen LogP contribution in [0.2, 0.25) is 0 Å². The number of fused-ring (bicyclic) bond motifs is 1. The van der Waals surface area contributed by atoms with Crippen molar-refractivity contribution in [3.63, 3.8) is 0 Å². The van der Waals surface area contributed by atoms with Crippen molar-refractivity contribution in [1.82, 2.24) is 9.61 Å². The van der Waals surface area contributed by atoms with Crippen molar-refractivity contribution in [3.05, 3.63) is 30.1 Å². The number of hydrogen-bond donors (Lipinski definition) is 2. The van der Waals surface area contributed by atoms with Gasteiger partial charge in [-0.05, 0) is 25.0 Å². The standard InChI is InChI=1S/C14H16N4O2.ClH/c15-14(20)11-8-16-18-7-1-2-12(18)13(11)17-9-3-5-10(19)6-4-9;/h1-2,7-9,17H,3-6H2,(H2,15,20);1H. The second-order valence-electron chi connectivity index (χ2n) is 5.09. The van der Waals surface area contributed by atoms with Crippen molar-refractivity contribution < 1.29 is 9.59 Å². The third kappa shape index (κ3) is 3.00. The minimum Gasteiger partial charge on any atom is -0.380 e. The first kappa shape index (κ1) is 15.3. The Bertz CT molecular complexity index is 673. The lowest BCUT2D eigenvalue weighted by Crippen LogP contribution is -2.28. The van der Waals surface area contributed by atoms with E-state index in [2.05, 4.69) is 10.4 Å². The maximum Gasteiger partial charge on any atom is 0.252 e. The second kappa shape index (κ2) is 6.13. The molecule has 1 saturated carbocycles. The van der Waals surface area contributed by atoms with Gasteiger partial charge in [-0.2, -0.15) is 5.10 Å². The SMILES string of the molecule is Cl.NC(=O)c1cnn2cccc2c1NC1CCC(=O)CC1. The van der Waals surface area contributed by atoms with Crippen molar-refractivity contribution in [2.75, 3.05) is 5.32 Å². The fraction of sp³-hybridized carbons (Fsp3) is 0.357. The number of carbonyl (C=O) groups is 2. The summed E-state index contributed by atoms with van der Waals surface area (Å²) in [6.07, 6.45) is 6.04. The lowest BCUT2D eigenvalue weighted by molar-refractivity contribution is -0.120. The number of amides is 1. The van der Waals surface area contributed by atoms with Crippen LogP contribution in [0.15, 0.2) is 24.5 Å². The predicted molar refractivity (Wildman–Crippen MR) is 81.8 cm³/mol. The van der Waals surface area contributed by atoms with E-state index in [9.17, 15) is 9.59 Å². The molecule has 112 valence electrons. The van der Waals surface area contributed by atoms with Crippen molar-refractivity contribution in [1.29, 1.82) is 0 Å². The molecule has 2 aromatic rings. The Hall–Kier alpha value is -2.08. The number of nitrogens with one attached hydrogen (secondary N) is 1. The molecule has 2 aromatic heterocycles. The lowest BCUT2D eigenvalue weighted by atomic mass is 9.94. The van der Waals surface area contributed by atoms with Crippen LogP contribution < -0.4 is 11.1 Å². The summed E-state index contributed by atoms with van der Waals surface area (Å²) in [5.41, 5.74) is 7.32. The summed E-state index contributed by atoms with van der Waals surface area (Å²) in [6.45, 7) is 0. The average molecular weight is 309 g/mol. The number of rotatable bonds is 3. The Morgan fingerprint density at radius 3 is 2.76 bits per heavy atom. The third-order valence-electron chi connectivity index (χ3n) is 3.72. The first-order chi connectivity index (χ1) is 9.65. The highest BCUT2D eigenvalue weighted by Crippen LogP contribution is 2.26. The van der Waals surface area contributed by atoms with Gasteiger partial charge in [-0.25, -0.2) is 4.52 Å². The first-order valence-corrected chi connectivity index (χ1v) is 6.69. The average Bonchev–Trinajstić information content (AvgIpc) is 2.90. The van der Waals surface area contributed by atoms with Gasteiger partial charge in [0.15, 0.2) is 0 Å². The van der Waals surface area contributed by atoms with Crippen LogP contribution in [-0.2, 0) is 4.79 Å². The molecule has 0 bridgehead atoms. The summed E-state index contributed by atoms with van der Waals surface area (Å²) in [5.74, 6) is -0.198. The van der Waals surface area contributed by atoms with Crippen LogP contribution in [0.4, 0.5) is 5.69 Å². The minimum atomic E-state index is -0.504. The largest absolute Gasteiger partial charge is 0.380 e. The molecule has 1 aliphatic carbocycles. The number of halogens is 1. The van der Waals surface area contributed by atoms with E-state index in [1.54, 1.807) is 4.52 Å². The highest BCUT2D eigenvalue weighted by molar-refractivity contribution is 6.01. The normalized spacial score (nSPS) is 15.7. The molecule has 21 heavy (non-hydrogen) atoms. The van der Waals surface area contributed by atoms with E-state index in [0.29, 0.717) is 29.9 Å². The van der Waals surface area contributed by atoms with Crippen LogP contribution in [-0.4, -0.2) is 27.3 Å². The van der Waals surface area contributed by atoms with E-state index < -0.39 is 5.91 Å². The van der Waals surface area contributed by atoms with Crippen molar-refractivity contribution in [2.24, 2.45) is 5.73 Å². The number of Topliss-reactive ketones (excluding diaryl/α,β-unsaturated/α-hetero) is 1. The maximum absolute atomic E-state index is 11.6. The molecular formula is C14H17ClN4O2. The van der Waals surface area contributed by atoms with Gasteiger partial charge in [0.05, 0.1) is 23.0 Å². The van der Waals surface area contributed by atoms with E-state index in [0.717, 1.165) is 18.4 Å². The number of nitrogens with two attached hydrogens (primary N) is 1. The maximum atomic E-state index is 11.6. The molecule has 0 spiro atoms. The smallest absolute Gasteiger partial charge is 0.252 e. The van der Waals surface area contributed by atoms with E-state index in [-0.39, 0.29) is 18.4 Å². The number of aromatic nitrogens is 2. The van der Waals surface area contributed by atoms with Gasteiger partial charge >= 0.3 is 0 Å². The number of carbonyl (C=O) groups excluding carboxylic acids is 2. The number of primary amides is 1. The van der Waals surface area contributed by atoms with Crippen molar-refractivity contribution in [3.8, 4) is 0 Å². The Balaban J connectivity index is 0.00000161. The fourth-order valence-electron chi connectivity index (χ4n) is 2.62. The van der Waals surface area contributed by atoms with E-state index in [4.69, 9.17) is 5.73 Å².